The number of hydrogen-bond acceptors (Lipinski definition) is 5. The number of hydroxylamine groups is 1. The van der Waals surface area contributed by atoms with Crippen LogP contribution in [0.2, 0.25) is 0 Å². The van der Waals surface area contributed by atoms with E-state index in [4.69, 9.17) is 4.84 Å². The van der Waals surface area contributed by atoms with Crippen molar-refractivity contribution in [3.63, 3.8) is 0 Å². The summed E-state index contributed by atoms with van der Waals surface area (Å²) >= 11 is 0. The first-order valence-electron chi connectivity index (χ1n) is 11.4. The number of nitrogens with zero attached hydrogens (tertiary/aromatic N) is 3. The zero-order valence-electron chi connectivity index (χ0n) is 18.8. The van der Waals surface area contributed by atoms with Crippen molar-refractivity contribution < 1.29 is 14.4 Å². The number of fused-ring (bicyclic) bond motifs is 1. The highest BCUT2D eigenvalue weighted by molar-refractivity contribution is 6.23. The minimum Gasteiger partial charge on any atom is -0.372 e. The van der Waals surface area contributed by atoms with E-state index in [-0.39, 0.29) is 11.8 Å². The van der Waals surface area contributed by atoms with Gasteiger partial charge in [-0.25, -0.2) is 9.96 Å². The van der Waals surface area contributed by atoms with Gasteiger partial charge in [-0.2, -0.15) is 0 Å². The Morgan fingerprint density at radius 3 is 1.91 bits per heavy atom. The van der Waals surface area contributed by atoms with Crippen molar-refractivity contribution in [2.24, 2.45) is 5.92 Å². The summed E-state index contributed by atoms with van der Waals surface area (Å²) in [6.07, 6.45) is -0.856. The Bertz CT molecular complexity index is 1130. The molecule has 2 aliphatic heterocycles. The second-order valence-corrected chi connectivity index (χ2v) is 8.27. The minimum absolute atomic E-state index is 0.229. The Morgan fingerprint density at radius 1 is 0.758 bits per heavy atom. The van der Waals surface area contributed by atoms with Crippen LogP contribution in [-0.2, 0) is 14.4 Å². The first-order valence-corrected chi connectivity index (χ1v) is 11.4. The molecule has 2 amide bonds. The lowest BCUT2D eigenvalue weighted by Crippen LogP contribution is -2.37. The number of carbonyl (C=O) groups excluding carboxylic acids is 2. The minimum atomic E-state index is -0.856. The number of imide groups is 1. The smallest absolute Gasteiger partial charge is 0.266 e. The van der Waals surface area contributed by atoms with Crippen LogP contribution < -0.4 is 14.9 Å². The second kappa shape index (κ2) is 8.71. The van der Waals surface area contributed by atoms with Gasteiger partial charge >= 0.3 is 0 Å². The van der Waals surface area contributed by atoms with Crippen molar-refractivity contribution in [2.45, 2.75) is 26.0 Å². The van der Waals surface area contributed by atoms with Gasteiger partial charge in [-0.1, -0.05) is 48.5 Å². The van der Waals surface area contributed by atoms with Gasteiger partial charge in [-0.05, 0) is 55.8 Å². The Balaban J connectivity index is 1.55. The molecule has 0 N–H and O–H groups in total. The van der Waals surface area contributed by atoms with Crippen molar-refractivity contribution in [3.05, 3.63) is 90.5 Å². The van der Waals surface area contributed by atoms with Crippen molar-refractivity contribution in [2.75, 3.05) is 28.0 Å². The molecule has 2 fully saturated rings. The zero-order chi connectivity index (χ0) is 22.9. The van der Waals surface area contributed by atoms with Crippen LogP contribution in [-0.4, -0.2) is 31.0 Å². The van der Waals surface area contributed by atoms with E-state index < -0.39 is 18.1 Å². The molecule has 168 valence electrons. The average molecular weight is 442 g/mol. The largest absolute Gasteiger partial charge is 0.372 e. The summed E-state index contributed by atoms with van der Waals surface area (Å²) in [7, 11) is 0. The van der Waals surface area contributed by atoms with Crippen LogP contribution >= 0.6 is 0 Å². The van der Waals surface area contributed by atoms with E-state index in [2.05, 4.69) is 30.9 Å². The number of anilines is 3. The van der Waals surface area contributed by atoms with E-state index in [1.807, 2.05) is 60.7 Å². The molecule has 3 atom stereocenters. The highest BCUT2D eigenvalue weighted by Gasteiger charge is 2.60. The lowest BCUT2D eigenvalue weighted by atomic mass is 9.90. The van der Waals surface area contributed by atoms with Gasteiger partial charge in [-0.3, -0.25) is 14.4 Å². The standard InChI is InChI=1S/C27H27N3O3/c1-3-28(4-2)20-17-15-19(16-18-20)24-23-25(33-30(24)22-13-9-6-10-14-22)27(32)29(26(23)31)21-11-7-5-8-12-21/h5-18,23-25H,3-4H2,1-2H3/t23-,24+,25-/m1/s1. The van der Waals surface area contributed by atoms with Crippen molar-refractivity contribution in [1.82, 2.24) is 0 Å². The molecular weight excluding hydrogens is 414 g/mol. The summed E-state index contributed by atoms with van der Waals surface area (Å²) in [5.74, 6) is -1.18. The highest BCUT2D eigenvalue weighted by atomic mass is 16.7. The fraction of sp³-hybridized carbons (Fsp3) is 0.259. The number of rotatable bonds is 6. The van der Waals surface area contributed by atoms with Gasteiger partial charge in [0.25, 0.3) is 5.91 Å². The third-order valence-electron chi connectivity index (χ3n) is 6.50. The van der Waals surface area contributed by atoms with E-state index in [9.17, 15) is 9.59 Å². The van der Waals surface area contributed by atoms with Gasteiger partial charge in [0.2, 0.25) is 5.91 Å². The van der Waals surface area contributed by atoms with Gasteiger partial charge in [0.15, 0.2) is 6.10 Å². The first-order chi connectivity index (χ1) is 16.1. The molecule has 0 spiro atoms. The fourth-order valence-electron chi connectivity index (χ4n) is 4.85. The molecule has 3 aromatic rings. The first kappa shape index (κ1) is 21.2. The molecule has 6 heteroatoms. The quantitative estimate of drug-likeness (QED) is 0.524. The summed E-state index contributed by atoms with van der Waals surface area (Å²) in [5, 5.41) is 1.74. The van der Waals surface area contributed by atoms with Crippen LogP contribution in [0.5, 0.6) is 0 Å². The summed E-state index contributed by atoms with van der Waals surface area (Å²) in [6, 6.07) is 26.5. The maximum absolute atomic E-state index is 13.6. The van der Waals surface area contributed by atoms with Crippen LogP contribution in [0.3, 0.4) is 0 Å². The number of benzene rings is 3. The molecule has 0 bridgehead atoms. The fourth-order valence-corrected chi connectivity index (χ4v) is 4.85. The molecule has 0 radical (unpaired) electrons. The topological polar surface area (TPSA) is 53.1 Å². The summed E-state index contributed by atoms with van der Waals surface area (Å²) in [6.45, 7) is 6.10. The highest BCUT2D eigenvalue weighted by Crippen LogP contribution is 2.47. The molecule has 6 nitrogen and oxygen atoms in total. The monoisotopic (exact) mass is 441 g/mol. The molecule has 5 rings (SSSR count). The normalized spacial score (nSPS) is 22.1. The summed E-state index contributed by atoms with van der Waals surface area (Å²) in [5.41, 5.74) is 3.47. The molecule has 3 aromatic carbocycles. The van der Waals surface area contributed by atoms with Crippen LogP contribution in [0.25, 0.3) is 0 Å². The maximum Gasteiger partial charge on any atom is 0.266 e. The number of para-hydroxylation sites is 2. The SMILES string of the molecule is CCN(CC)c1ccc([C@H]2[C@H]3C(=O)N(c4ccccc4)C(=O)[C@@H]3ON2c2ccccc2)cc1. The third kappa shape index (κ3) is 3.56. The van der Waals surface area contributed by atoms with Crippen LogP contribution in [0.1, 0.15) is 25.5 Å². The molecule has 0 saturated carbocycles. The maximum atomic E-state index is 13.6. The van der Waals surface area contributed by atoms with E-state index >= 15 is 0 Å². The summed E-state index contributed by atoms with van der Waals surface area (Å²) in [4.78, 5) is 36.7. The molecule has 2 saturated heterocycles. The number of carbonyl (C=O) groups is 2. The number of amides is 2. The van der Waals surface area contributed by atoms with Gasteiger partial charge in [-0.15, -0.1) is 0 Å². The zero-order valence-corrected chi connectivity index (χ0v) is 18.8. The van der Waals surface area contributed by atoms with Gasteiger partial charge in [0.1, 0.15) is 5.92 Å². The van der Waals surface area contributed by atoms with E-state index in [0.717, 1.165) is 30.0 Å². The van der Waals surface area contributed by atoms with Gasteiger partial charge < -0.3 is 4.90 Å². The number of hydrogen-bond donors (Lipinski definition) is 0. The molecule has 0 unspecified atom stereocenters. The Labute approximate surface area is 193 Å². The van der Waals surface area contributed by atoms with Crippen molar-refractivity contribution in [1.29, 1.82) is 0 Å². The predicted molar refractivity (Wildman–Crippen MR) is 129 cm³/mol. The Kier molecular flexibility index (Phi) is 5.60. The van der Waals surface area contributed by atoms with Crippen molar-refractivity contribution >= 4 is 28.9 Å². The van der Waals surface area contributed by atoms with Crippen LogP contribution in [0.4, 0.5) is 17.1 Å². The Hall–Kier alpha value is -3.64. The van der Waals surface area contributed by atoms with E-state index in [1.54, 1.807) is 17.2 Å². The van der Waals surface area contributed by atoms with Crippen LogP contribution in [0, 0.1) is 5.92 Å². The predicted octanol–water partition coefficient (Wildman–Crippen LogP) is 4.58. The molecule has 33 heavy (non-hydrogen) atoms. The van der Waals surface area contributed by atoms with Crippen LogP contribution in [0.15, 0.2) is 84.9 Å². The van der Waals surface area contributed by atoms with E-state index in [0.29, 0.717) is 5.69 Å². The molecule has 0 aromatic heterocycles. The average Bonchev–Trinajstić information content (AvgIpc) is 3.37. The molecule has 2 heterocycles. The van der Waals surface area contributed by atoms with Gasteiger partial charge in [0, 0.05) is 18.8 Å². The Morgan fingerprint density at radius 2 is 1.33 bits per heavy atom. The lowest BCUT2D eigenvalue weighted by Gasteiger charge is -2.29. The molecule has 0 aliphatic carbocycles. The molecule has 2 aliphatic rings. The lowest BCUT2D eigenvalue weighted by molar-refractivity contribution is -0.126. The van der Waals surface area contributed by atoms with Crippen molar-refractivity contribution in [3.8, 4) is 0 Å². The molecular formula is C27H27N3O3. The van der Waals surface area contributed by atoms with Gasteiger partial charge in [0.05, 0.1) is 17.4 Å². The third-order valence-corrected chi connectivity index (χ3v) is 6.50. The summed E-state index contributed by atoms with van der Waals surface area (Å²) < 4.78 is 0. The van der Waals surface area contributed by atoms with E-state index in [1.165, 1.54) is 4.90 Å². The second-order valence-electron chi connectivity index (χ2n) is 8.27.